The van der Waals surface area contributed by atoms with Gasteiger partial charge in [-0.25, -0.2) is 0 Å². The second-order valence-corrected chi connectivity index (χ2v) is 4.18. The van der Waals surface area contributed by atoms with Gasteiger partial charge in [-0.2, -0.15) is 13.2 Å². The van der Waals surface area contributed by atoms with Crippen molar-refractivity contribution in [3.63, 3.8) is 0 Å². The van der Waals surface area contributed by atoms with Crippen molar-refractivity contribution in [1.82, 2.24) is 0 Å². The molecule has 0 aliphatic heterocycles. The summed E-state index contributed by atoms with van der Waals surface area (Å²) >= 11 is 5.26. The van der Waals surface area contributed by atoms with E-state index in [1.807, 2.05) is 6.92 Å². The first-order valence-electron chi connectivity index (χ1n) is 5.35. The molecular weight excluding hydrogens is 265 g/mol. The fraction of sp³-hybridized carbons (Fsp3) is 0.308. The molecule has 1 nitrogen and oxygen atoms in total. The van der Waals surface area contributed by atoms with Gasteiger partial charge in [0.1, 0.15) is 0 Å². The Morgan fingerprint density at radius 1 is 1.39 bits per heavy atom. The molecule has 0 aliphatic rings. The summed E-state index contributed by atoms with van der Waals surface area (Å²) in [5.74, 6) is 0. The Bertz CT molecular complexity index is 490. The van der Waals surface area contributed by atoms with Gasteiger partial charge in [-0.15, -0.1) is 0 Å². The van der Waals surface area contributed by atoms with Crippen molar-refractivity contribution in [3.8, 4) is 0 Å². The number of rotatable bonds is 3. The lowest BCUT2D eigenvalue weighted by molar-refractivity contribution is -0.137. The minimum absolute atomic E-state index is 0.0449. The third-order valence-corrected chi connectivity index (χ3v) is 2.65. The van der Waals surface area contributed by atoms with Gasteiger partial charge in [-0.3, -0.25) is 4.79 Å². The topological polar surface area (TPSA) is 17.1 Å². The molecule has 0 unspecified atom stereocenters. The lowest BCUT2D eigenvalue weighted by Crippen LogP contribution is -2.10. The number of hydrogen-bond donors (Lipinski definition) is 0. The fourth-order valence-electron chi connectivity index (χ4n) is 1.57. The van der Waals surface area contributed by atoms with E-state index in [0.29, 0.717) is 12.0 Å². The van der Waals surface area contributed by atoms with E-state index in [2.05, 4.69) is 0 Å². The van der Waals surface area contributed by atoms with E-state index in [1.54, 1.807) is 13.0 Å². The van der Waals surface area contributed by atoms with Crippen LogP contribution in [0.1, 0.15) is 40.4 Å². The number of aryl methyl sites for hydroxylation is 1. The van der Waals surface area contributed by atoms with Crippen molar-refractivity contribution >= 4 is 22.9 Å². The molecule has 1 aromatic carbocycles. The molecule has 0 amide bonds. The Balaban J connectivity index is 3.47. The smallest absolute Gasteiger partial charge is 0.276 e. The van der Waals surface area contributed by atoms with Gasteiger partial charge in [0.2, 0.25) is 0 Å². The van der Waals surface area contributed by atoms with Gasteiger partial charge in [0.15, 0.2) is 0 Å². The van der Waals surface area contributed by atoms with Crippen LogP contribution >= 0.6 is 11.6 Å². The summed E-state index contributed by atoms with van der Waals surface area (Å²) in [6.07, 6.45) is -0.848. The molecule has 1 rings (SSSR count). The summed E-state index contributed by atoms with van der Waals surface area (Å²) in [6.45, 7) is 3.38. The molecule has 0 aromatic heterocycles. The Morgan fingerprint density at radius 2 is 2.00 bits per heavy atom. The van der Waals surface area contributed by atoms with Gasteiger partial charge in [-0.05, 0) is 42.1 Å². The summed E-state index contributed by atoms with van der Waals surface area (Å²) in [5.41, 5.74) is -0.485. The number of benzene rings is 1. The van der Waals surface area contributed by atoms with E-state index >= 15 is 0 Å². The van der Waals surface area contributed by atoms with Gasteiger partial charge in [0.25, 0.3) is 5.24 Å². The van der Waals surface area contributed by atoms with Gasteiger partial charge < -0.3 is 0 Å². The highest BCUT2D eigenvalue weighted by atomic mass is 35.5. The summed E-state index contributed by atoms with van der Waals surface area (Å²) in [7, 11) is 0. The van der Waals surface area contributed by atoms with Gasteiger partial charge in [0, 0.05) is 5.56 Å². The molecule has 0 saturated carbocycles. The van der Waals surface area contributed by atoms with Crippen LogP contribution in [0.15, 0.2) is 18.2 Å². The molecule has 0 atom stereocenters. The van der Waals surface area contributed by atoms with Crippen LogP contribution in [-0.2, 0) is 6.18 Å². The van der Waals surface area contributed by atoms with Crippen molar-refractivity contribution in [1.29, 1.82) is 0 Å². The summed E-state index contributed by atoms with van der Waals surface area (Å²) in [4.78, 5) is 11.1. The van der Waals surface area contributed by atoms with E-state index in [-0.39, 0.29) is 11.1 Å². The number of allylic oxidation sites excluding steroid dienone is 1. The van der Waals surface area contributed by atoms with E-state index in [9.17, 15) is 18.0 Å². The molecule has 18 heavy (non-hydrogen) atoms. The van der Waals surface area contributed by atoms with Crippen LogP contribution < -0.4 is 0 Å². The van der Waals surface area contributed by atoms with Gasteiger partial charge >= 0.3 is 6.18 Å². The van der Waals surface area contributed by atoms with Crippen LogP contribution in [0.2, 0.25) is 0 Å². The highest BCUT2D eigenvalue weighted by Gasteiger charge is 2.33. The van der Waals surface area contributed by atoms with Crippen LogP contribution in [0, 0.1) is 6.92 Å². The predicted molar refractivity (Wildman–Crippen MR) is 65.7 cm³/mol. The van der Waals surface area contributed by atoms with Crippen molar-refractivity contribution in [2.75, 3.05) is 0 Å². The minimum atomic E-state index is -4.51. The van der Waals surface area contributed by atoms with E-state index in [0.717, 1.165) is 6.07 Å². The molecule has 0 spiro atoms. The van der Waals surface area contributed by atoms with Crippen LogP contribution in [0.4, 0.5) is 13.2 Å². The zero-order valence-electron chi connectivity index (χ0n) is 9.94. The fourth-order valence-corrected chi connectivity index (χ4v) is 1.77. The lowest BCUT2D eigenvalue weighted by atomic mass is 9.98. The van der Waals surface area contributed by atoms with Crippen molar-refractivity contribution < 1.29 is 18.0 Å². The standard InChI is InChI=1S/C13H12ClF3O/c1-3-4-5-9-6-8(2)10(12(14)18)7-11(9)13(15,16)17/h4-7H,3H2,1-2H3. The second kappa shape index (κ2) is 5.57. The number of hydrogen-bond acceptors (Lipinski definition) is 1. The molecular formula is C13H12ClF3O. The number of halogens is 4. The van der Waals surface area contributed by atoms with E-state index < -0.39 is 17.0 Å². The second-order valence-electron chi connectivity index (χ2n) is 3.84. The van der Waals surface area contributed by atoms with Crippen LogP contribution in [-0.4, -0.2) is 5.24 Å². The summed E-state index contributed by atoms with van der Waals surface area (Å²) < 4.78 is 38.6. The molecule has 0 bridgehead atoms. The Labute approximate surface area is 108 Å². The molecule has 0 heterocycles. The van der Waals surface area contributed by atoms with E-state index in [4.69, 9.17) is 11.6 Å². The number of carbonyl (C=O) groups excluding carboxylic acids is 1. The third-order valence-electron chi connectivity index (χ3n) is 2.45. The zero-order valence-corrected chi connectivity index (χ0v) is 10.7. The molecule has 1 aromatic rings. The minimum Gasteiger partial charge on any atom is -0.276 e. The first kappa shape index (κ1) is 14.8. The van der Waals surface area contributed by atoms with Gasteiger partial charge in [-0.1, -0.05) is 25.1 Å². The Hall–Kier alpha value is -1.29. The highest BCUT2D eigenvalue weighted by molar-refractivity contribution is 6.67. The molecule has 0 N–H and O–H groups in total. The molecule has 98 valence electrons. The maximum atomic E-state index is 12.9. The maximum absolute atomic E-state index is 12.9. The van der Waals surface area contributed by atoms with E-state index in [1.165, 1.54) is 12.1 Å². The average molecular weight is 277 g/mol. The van der Waals surface area contributed by atoms with Crippen molar-refractivity contribution in [3.05, 3.63) is 40.5 Å². The van der Waals surface area contributed by atoms with Crippen molar-refractivity contribution in [2.24, 2.45) is 0 Å². The van der Waals surface area contributed by atoms with Crippen LogP contribution in [0.5, 0.6) is 0 Å². The quantitative estimate of drug-likeness (QED) is 0.724. The van der Waals surface area contributed by atoms with Crippen molar-refractivity contribution in [2.45, 2.75) is 26.4 Å². The van der Waals surface area contributed by atoms with Crippen LogP contribution in [0.25, 0.3) is 6.08 Å². The largest absolute Gasteiger partial charge is 0.417 e. The summed E-state index contributed by atoms with van der Waals surface area (Å²) in [6, 6.07) is 2.13. The normalized spacial score (nSPS) is 12.1. The highest BCUT2D eigenvalue weighted by Crippen LogP contribution is 2.34. The molecule has 0 fully saturated rings. The molecule has 0 aliphatic carbocycles. The SMILES string of the molecule is CCC=Cc1cc(C)c(C(=O)Cl)cc1C(F)(F)F. The summed E-state index contributed by atoms with van der Waals surface area (Å²) in [5, 5.41) is -0.885. The third kappa shape index (κ3) is 3.35. The predicted octanol–water partition coefficient (Wildman–Crippen LogP) is 4.82. The Kier molecular flexibility index (Phi) is 4.57. The molecule has 0 radical (unpaired) electrons. The zero-order chi connectivity index (χ0) is 13.9. The first-order chi connectivity index (χ1) is 8.27. The maximum Gasteiger partial charge on any atom is 0.417 e. The van der Waals surface area contributed by atoms with Crippen LogP contribution in [0.3, 0.4) is 0 Å². The number of carbonyl (C=O) groups is 1. The Morgan fingerprint density at radius 3 is 2.44 bits per heavy atom. The molecule has 5 heteroatoms. The first-order valence-corrected chi connectivity index (χ1v) is 5.73. The number of alkyl halides is 3. The monoisotopic (exact) mass is 276 g/mol. The van der Waals surface area contributed by atoms with Gasteiger partial charge in [0.05, 0.1) is 5.56 Å². The lowest BCUT2D eigenvalue weighted by Gasteiger charge is -2.13. The molecule has 0 saturated heterocycles. The average Bonchev–Trinajstić information content (AvgIpc) is 2.23.